The molecule has 0 bridgehead atoms. The number of fused-ring (bicyclic) bond motifs is 5. The Labute approximate surface area is 496 Å². The van der Waals surface area contributed by atoms with Crippen molar-refractivity contribution in [3.8, 4) is 33.9 Å². The van der Waals surface area contributed by atoms with Crippen LogP contribution in [0.25, 0.3) is 33.4 Å². The molecule has 0 spiro atoms. The molecule has 5 aliphatic rings. The number of nitrogens with zero attached hydrogens (tertiary/aromatic N) is 1. The zero-order valence-corrected chi connectivity index (χ0v) is 53.3. The fraction of sp³-hybridized carbons (Fsp3) is 0.306. The number of hydrogen-bond donors (Lipinski definition) is 10. The van der Waals surface area contributed by atoms with E-state index in [-0.39, 0.29) is 123 Å². The molecule has 4 aliphatic carbocycles. The number of nitrogens with one attached hydrogen (secondary N) is 2. The third kappa shape index (κ3) is 11.0. The molecule has 3 aromatic rings. The number of ketones is 2. The minimum absolute atomic E-state index is 0. The number of unbranched alkanes of at least 4 members (excludes halogenated alkanes) is 1. The number of aromatic carboxylic acids is 1. The summed E-state index contributed by atoms with van der Waals surface area (Å²) in [5.41, 5.74) is 0.356. The van der Waals surface area contributed by atoms with Gasteiger partial charge in [0.25, 0.3) is 5.91 Å². The Bertz CT molecular complexity index is 3190. The molecule has 20 nitrogen and oxygen atoms in total. The van der Waals surface area contributed by atoms with E-state index in [0.717, 1.165) is 0 Å². The smallest absolute Gasteiger partial charge is 1.00 e. The first-order valence-electron chi connectivity index (χ1n) is 22.3. The maximum atomic E-state index is 13.9. The molecule has 74 heavy (non-hydrogen) atoms. The topological polar surface area (TPSA) is 357 Å². The Hall–Kier alpha value is -3.56. The molecule has 0 fully saturated rings. The predicted molar refractivity (Wildman–Crippen MR) is 256 cm³/mol. The number of hydrogen-bond acceptors (Lipinski definition) is 18. The van der Waals surface area contributed by atoms with Crippen molar-refractivity contribution in [2.75, 3.05) is 27.3 Å². The van der Waals surface area contributed by atoms with Crippen LogP contribution in [0.4, 0.5) is 0 Å². The monoisotopic (exact) mass is 1350 g/mol. The van der Waals surface area contributed by atoms with Crippen molar-refractivity contribution < 1.29 is 156 Å². The molecule has 0 saturated carbocycles. The van der Waals surface area contributed by atoms with Crippen LogP contribution in [0.3, 0.4) is 0 Å². The molecule has 376 valence electrons. The second-order valence-electron chi connectivity index (χ2n) is 17.9. The Morgan fingerprint density at radius 2 is 1.64 bits per heavy atom. The SMILES string of the molecule is CN(C)[C@@H]1C(O)=C(C(=O)NCN[C@@H](CCCCN)C(=O)O)C(=O)[C@@]2(O)C(O)=C3C(=O)c4c(O)cccc4[C@@](C)(O)C3C[C@@H]12.O=C([O-])c1ccccc1-c1c2cc(Br)c(=O)cc-2oc2[c]([Hg][OH])c([O-])c(Br)cc12.[Na+].[Na+]. The van der Waals surface area contributed by atoms with Crippen molar-refractivity contribution in [1.82, 2.24) is 15.5 Å². The number of aliphatic hydroxyl groups is 4. The number of benzene rings is 4. The van der Waals surface area contributed by atoms with Crippen LogP contribution in [-0.4, -0.2) is 113 Å². The first kappa shape index (κ1) is 61.3. The number of nitrogens with two attached hydrogens (primary N) is 1. The molecule has 0 aromatic heterocycles. The van der Waals surface area contributed by atoms with Crippen LogP contribution in [0.2, 0.25) is 0 Å². The molecular weight excluding hydrogens is 1310 g/mol. The van der Waals surface area contributed by atoms with Gasteiger partial charge in [-0.2, -0.15) is 0 Å². The van der Waals surface area contributed by atoms with E-state index in [1.54, 1.807) is 30.3 Å². The zero-order chi connectivity index (χ0) is 52.9. The first-order chi connectivity index (χ1) is 33.9. The summed E-state index contributed by atoms with van der Waals surface area (Å²) in [5.74, 6) is -10.8. The Morgan fingerprint density at radius 1 is 0.959 bits per heavy atom. The average Bonchev–Trinajstić information content (AvgIpc) is 3.32. The molecule has 1 amide bonds. The van der Waals surface area contributed by atoms with E-state index in [0.29, 0.717) is 41.5 Å². The predicted octanol–water partition coefficient (Wildman–Crippen LogP) is -4.30. The fourth-order valence-corrected chi connectivity index (χ4v) is 14.7. The van der Waals surface area contributed by atoms with Crippen LogP contribution >= 0.6 is 31.9 Å². The van der Waals surface area contributed by atoms with Gasteiger partial charge in [-0.15, -0.1) is 0 Å². The fourth-order valence-electron chi connectivity index (χ4n) is 9.99. The summed E-state index contributed by atoms with van der Waals surface area (Å²) in [6, 6.07) is 12.6. The Kier molecular flexibility index (Phi) is 20.2. The van der Waals surface area contributed by atoms with Crippen LogP contribution in [0.1, 0.15) is 58.9 Å². The molecule has 1 aliphatic heterocycles. The number of carboxylic acid groups (broad SMARTS) is 2. The van der Waals surface area contributed by atoms with Gasteiger partial charge < -0.3 is 41.7 Å². The minimum Gasteiger partial charge on any atom is 1.00 e. The van der Waals surface area contributed by atoms with Crippen molar-refractivity contribution in [3.63, 3.8) is 0 Å². The van der Waals surface area contributed by atoms with Gasteiger partial charge in [0.2, 0.25) is 5.78 Å². The summed E-state index contributed by atoms with van der Waals surface area (Å²) in [6.07, 6.45) is 1.07. The van der Waals surface area contributed by atoms with E-state index in [4.69, 9.17) is 10.2 Å². The Balaban J connectivity index is 0.000000285. The third-order valence-corrected chi connectivity index (χ3v) is 18.4. The van der Waals surface area contributed by atoms with Gasteiger partial charge >= 0.3 is 260 Å². The number of carbonyl (C=O) groups is 5. The number of phenolic OH excluding ortho intramolecular Hbond substituents is 1. The van der Waals surface area contributed by atoms with Crippen molar-refractivity contribution in [2.24, 2.45) is 17.6 Å². The van der Waals surface area contributed by atoms with Crippen molar-refractivity contribution in [3.05, 3.63) is 119 Å². The van der Waals surface area contributed by atoms with Crippen LogP contribution in [-0.2, 0) is 45.0 Å². The summed E-state index contributed by atoms with van der Waals surface area (Å²) in [4.78, 5) is 77.6. The molecule has 8 rings (SSSR count). The van der Waals surface area contributed by atoms with Gasteiger partial charge in [0.1, 0.15) is 28.9 Å². The zero-order valence-electron chi connectivity index (χ0n) is 40.6. The number of carboxylic acids is 2. The minimum atomic E-state index is -2.85. The summed E-state index contributed by atoms with van der Waals surface area (Å²) in [7, 11) is 3.03. The molecule has 0 radical (unpaired) electrons. The number of carbonyl (C=O) groups excluding carboxylic acids is 4. The molecular formula is C49H46Br2HgN4Na2O16. The summed E-state index contributed by atoms with van der Waals surface area (Å²) >= 11 is 3.71. The summed E-state index contributed by atoms with van der Waals surface area (Å²) < 4.78 is 16.6. The van der Waals surface area contributed by atoms with Gasteiger partial charge in [-0.25, -0.2) is 0 Å². The first-order valence-corrected chi connectivity index (χ1v) is 29.1. The normalized spacial score (nSPS) is 21.3. The van der Waals surface area contributed by atoms with Gasteiger partial charge in [0.05, 0.1) is 23.9 Å². The van der Waals surface area contributed by atoms with E-state index >= 15 is 0 Å². The molecule has 1 unspecified atom stereocenters. The number of aliphatic hydroxyl groups excluding tert-OH is 2. The standard InChI is InChI=1S/C29H38N4O10.C20H9Br2O5.Hg.2Na.H2O/c1-28(42)13-7-6-9-17(34)18(13)22(35)19-14(28)11-15-21(33(2)3)23(36)20(25(38)29(15,43)24(19)37)26(39)32-12-31-16(27(40)41)8-4-5-10-30;21-13-5-11-17(7-15(13)23)27-18-8-16(24)14(22)6-12(18)19(11)9-3-1-2-4-10(9)20(25)26;;;;/h6-7,9,14-16,21,31,34,36-37,42-43H,4-5,8,10-12,30H2,1-3H3,(H,32,39)(H,40,41);1-7,24H,(H,25,26);;;;1H2/q;;3*+1;/p-3/t14?,15-,16-,21-,28+,29-;;;;;/m0...../s1. The number of halogens is 2. The van der Waals surface area contributed by atoms with Crippen molar-refractivity contribution >= 4 is 75.3 Å². The molecule has 0 saturated heterocycles. The average molecular weight is 1350 g/mol. The van der Waals surface area contributed by atoms with Crippen LogP contribution in [0.5, 0.6) is 11.5 Å². The summed E-state index contributed by atoms with van der Waals surface area (Å²) in [6.45, 7) is 1.36. The van der Waals surface area contributed by atoms with Gasteiger partial charge in [0.15, 0.2) is 11.4 Å². The molecule has 1 heterocycles. The maximum Gasteiger partial charge on any atom is 1.00 e. The number of likely N-dealkylation sites (N-methyl/N-ethyl adjacent to an activating group) is 1. The van der Waals surface area contributed by atoms with E-state index in [9.17, 15) is 72.6 Å². The van der Waals surface area contributed by atoms with Crippen LogP contribution in [0.15, 0.2) is 101 Å². The van der Waals surface area contributed by atoms with E-state index in [1.165, 1.54) is 56.3 Å². The largest absolute Gasteiger partial charge is 1.00 e. The maximum absolute atomic E-state index is 13.9. The number of aromatic hydroxyl groups is 1. The van der Waals surface area contributed by atoms with Gasteiger partial charge in [0, 0.05) is 17.4 Å². The van der Waals surface area contributed by atoms with Gasteiger partial charge in [-0.3, -0.25) is 29.4 Å². The number of aliphatic carboxylic acids is 1. The molecule has 6 atom stereocenters. The molecule has 11 N–H and O–H groups in total. The van der Waals surface area contributed by atoms with E-state index in [2.05, 4.69) is 42.5 Å². The van der Waals surface area contributed by atoms with Crippen LogP contribution < -0.4 is 94.2 Å². The second-order valence-corrected chi connectivity index (χ2v) is 23.6. The molecule has 25 heteroatoms. The number of rotatable bonds is 13. The van der Waals surface area contributed by atoms with Crippen LogP contribution in [0, 0.1) is 11.8 Å². The van der Waals surface area contributed by atoms with Gasteiger partial charge in [-0.1, -0.05) is 18.6 Å². The quantitative estimate of drug-likeness (QED) is 0.0175. The number of amides is 1. The second kappa shape index (κ2) is 24.4. The van der Waals surface area contributed by atoms with Crippen molar-refractivity contribution in [2.45, 2.75) is 55.9 Å². The van der Waals surface area contributed by atoms with E-state index in [1.807, 2.05) is 0 Å². The van der Waals surface area contributed by atoms with Gasteiger partial charge in [-0.05, 0) is 58.5 Å². The summed E-state index contributed by atoms with van der Waals surface area (Å²) in [5, 5.41) is 95.9. The molecule has 3 aromatic carbocycles. The Morgan fingerprint density at radius 3 is 2.26 bits per heavy atom. The van der Waals surface area contributed by atoms with Crippen molar-refractivity contribution in [1.29, 1.82) is 0 Å². The number of phenols is 1. The number of Topliss-reactive ketones (excluding diaryl/α,β-unsaturated/α-hetero) is 2. The van der Waals surface area contributed by atoms with E-state index < -0.39 is 125 Å². The third-order valence-electron chi connectivity index (χ3n) is 13.5.